The molecule has 0 spiro atoms. The summed E-state index contributed by atoms with van der Waals surface area (Å²) in [6.45, 7) is 8.73. The summed E-state index contributed by atoms with van der Waals surface area (Å²) in [5, 5.41) is 0. The van der Waals surface area contributed by atoms with Gasteiger partial charge in [-0.1, -0.05) is 13.3 Å². The zero-order valence-electron chi connectivity index (χ0n) is 6.27. The fourth-order valence-corrected chi connectivity index (χ4v) is 1.48. The Hall–Kier alpha value is -0.0400. The number of hydrogen-bond acceptors (Lipinski definition) is 1. The van der Waals surface area contributed by atoms with Crippen LogP contribution in [0.3, 0.4) is 0 Å². The summed E-state index contributed by atoms with van der Waals surface area (Å²) in [5.74, 6) is 0. The molecule has 1 radical (unpaired) electrons. The molecular formula is C8H16N. The first-order chi connectivity index (χ1) is 4.34. The molecule has 1 aliphatic heterocycles. The second kappa shape index (κ2) is 3.21. The summed E-state index contributed by atoms with van der Waals surface area (Å²) >= 11 is 0. The maximum Gasteiger partial charge on any atom is 0.00957 e. The first-order valence-corrected chi connectivity index (χ1v) is 3.91. The van der Waals surface area contributed by atoms with Crippen LogP contribution < -0.4 is 0 Å². The molecule has 0 bridgehead atoms. The van der Waals surface area contributed by atoms with Crippen LogP contribution >= 0.6 is 0 Å². The van der Waals surface area contributed by atoms with E-state index in [2.05, 4.69) is 18.7 Å². The minimum atomic E-state index is 0.601. The average molecular weight is 126 g/mol. The molecule has 1 unspecified atom stereocenters. The first-order valence-electron chi connectivity index (χ1n) is 3.91. The zero-order chi connectivity index (χ0) is 6.69. The van der Waals surface area contributed by atoms with Crippen LogP contribution in [0.4, 0.5) is 0 Å². The van der Waals surface area contributed by atoms with Crippen molar-refractivity contribution in [1.82, 2.24) is 4.90 Å². The topological polar surface area (TPSA) is 3.24 Å². The van der Waals surface area contributed by atoms with Crippen LogP contribution in [0.5, 0.6) is 0 Å². The van der Waals surface area contributed by atoms with Crippen LogP contribution in [0.15, 0.2) is 0 Å². The van der Waals surface area contributed by atoms with Gasteiger partial charge in [0.25, 0.3) is 0 Å². The molecule has 0 aromatic rings. The Labute approximate surface area is 58.0 Å². The Bertz CT molecular complexity index is 80.6. The third-order valence-electron chi connectivity index (χ3n) is 2.16. The molecule has 1 fully saturated rings. The molecule has 0 aromatic carbocycles. The Morgan fingerprint density at radius 2 is 2.33 bits per heavy atom. The molecule has 1 rings (SSSR count). The standard InChI is InChI=1S/C8H16N/c1-3-9-7-5-4-6-8(9)2/h8H,2-7H2,1H3. The fraction of sp³-hybridized carbons (Fsp3) is 0.875. The highest BCUT2D eigenvalue weighted by Gasteiger charge is 2.15. The van der Waals surface area contributed by atoms with E-state index >= 15 is 0 Å². The van der Waals surface area contributed by atoms with Gasteiger partial charge in [0.2, 0.25) is 0 Å². The second-order valence-corrected chi connectivity index (χ2v) is 2.78. The summed E-state index contributed by atoms with van der Waals surface area (Å²) in [4.78, 5) is 2.45. The van der Waals surface area contributed by atoms with Crippen molar-refractivity contribution in [2.24, 2.45) is 0 Å². The molecule has 0 aromatic heterocycles. The maximum atomic E-state index is 4.08. The monoisotopic (exact) mass is 126 g/mol. The van der Waals surface area contributed by atoms with Crippen molar-refractivity contribution < 1.29 is 0 Å². The van der Waals surface area contributed by atoms with E-state index in [0.717, 1.165) is 0 Å². The molecule has 1 heterocycles. The van der Waals surface area contributed by atoms with Gasteiger partial charge in [0, 0.05) is 6.04 Å². The molecule has 1 heteroatoms. The number of likely N-dealkylation sites (tertiary alicyclic amines) is 1. The Balaban J connectivity index is 2.30. The summed E-state index contributed by atoms with van der Waals surface area (Å²) in [7, 11) is 0. The predicted octanol–water partition coefficient (Wildman–Crippen LogP) is 1.69. The van der Waals surface area contributed by atoms with Crippen molar-refractivity contribution in [3.8, 4) is 0 Å². The van der Waals surface area contributed by atoms with Gasteiger partial charge >= 0.3 is 0 Å². The third-order valence-corrected chi connectivity index (χ3v) is 2.16. The Morgan fingerprint density at radius 3 is 2.78 bits per heavy atom. The van der Waals surface area contributed by atoms with Crippen molar-refractivity contribution >= 4 is 0 Å². The quantitative estimate of drug-likeness (QED) is 0.517. The lowest BCUT2D eigenvalue weighted by atomic mass is 10.0. The minimum absolute atomic E-state index is 0.601. The van der Waals surface area contributed by atoms with Gasteiger partial charge < -0.3 is 4.90 Å². The molecular weight excluding hydrogens is 110 g/mol. The predicted molar refractivity (Wildman–Crippen MR) is 40.2 cm³/mol. The summed E-state index contributed by atoms with van der Waals surface area (Å²) in [6, 6.07) is 0.601. The third kappa shape index (κ3) is 1.68. The van der Waals surface area contributed by atoms with Crippen LogP contribution in [0.1, 0.15) is 26.2 Å². The highest BCUT2D eigenvalue weighted by molar-refractivity contribution is 4.76. The number of nitrogens with zero attached hydrogens (tertiary/aromatic N) is 1. The summed E-state index contributed by atoms with van der Waals surface area (Å²) in [5.41, 5.74) is 0. The molecule has 0 N–H and O–H groups in total. The lowest BCUT2D eigenvalue weighted by Crippen LogP contribution is -2.37. The van der Waals surface area contributed by atoms with Crippen LogP contribution in [0, 0.1) is 6.92 Å². The SMILES string of the molecule is [CH2]C1CCCCN1CC. The first kappa shape index (κ1) is 7.07. The van der Waals surface area contributed by atoms with Crippen LogP contribution in [-0.4, -0.2) is 24.0 Å². The fourth-order valence-electron chi connectivity index (χ4n) is 1.48. The van der Waals surface area contributed by atoms with E-state index < -0.39 is 0 Å². The number of piperidine rings is 1. The Kier molecular flexibility index (Phi) is 2.52. The molecule has 0 aliphatic carbocycles. The summed E-state index contributed by atoms with van der Waals surface area (Å²) in [6.07, 6.45) is 4.05. The Morgan fingerprint density at radius 1 is 1.56 bits per heavy atom. The molecule has 0 amide bonds. The van der Waals surface area contributed by atoms with Crippen LogP contribution in [0.25, 0.3) is 0 Å². The van der Waals surface area contributed by atoms with Crippen LogP contribution in [0.2, 0.25) is 0 Å². The highest BCUT2D eigenvalue weighted by Crippen LogP contribution is 2.14. The van der Waals surface area contributed by atoms with Crippen LogP contribution in [-0.2, 0) is 0 Å². The molecule has 1 aliphatic rings. The lowest BCUT2D eigenvalue weighted by molar-refractivity contribution is 0.187. The van der Waals surface area contributed by atoms with E-state index in [9.17, 15) is 0 Å². The van der Waals surface area contributed by atoms with Crippen molar-refractivity contribution in [1.29, 1.82) is 0 Å². The van der Waals surface area contributed by atoms with Crippen molar-refractivity contribution in [3.63, 3.8) is 0 Å². The van der Waals surface area contributed by atoms with Gasteiger partial charge in [0.05, 0.1) is 0 Å². The smallest absolute Gasteiger partial charge is 0.00957 e. The lowest BCUT2D eigenvalue weighted by Gasteiger charge is -2.31. The maximum absolute atomic E-state index is 4.08. The van der Waals surface area contributed by atoms with E-state index in [0.29, 0.717) is 6.04 Å². The van der Waals surface area contributed by atoms with Gasteiger partial charge in [-0.3, -0.25) is 0 Å². The molecule has 53 valence electrons. The van der Waals surface area contributed by atoms with E-state index in [1.807, 2.05) is 0 Å². The highest BCUT2D eigenvalue weighted by atomic mass is 15.1. The average Bonchev–Trinajstić information content (AvgIpc) is 1.89. The molecule has 1 nitrogen and oxygen atoms in total. The van der Waals surface area contributed by atoms with Crippen molar-refractivity contribution in [3.05, 3.63) is 6.92 Å². The van der Waals surface area contributed by atoms with Gasteiger partial charge in [-0.2, -0.15) is 0 Å². The van der Waals surface area contributed by atoms with Gasteiger partial charge in [-0.05, 0) is 32.9 Å². The van der Waals surface area contributed by atoms with Gasteiger partial charge in [0.1, 0.15) is 0 Å². The van der Waals surface area contributed by atoms with Gasteiger partial charge in [-0.15, -0.1) is 0 Å². The molecule has 9 heavy (non-hydrogen) atoms. The van der Waals surface area contributed by atoms with Crippen molar-refractivity contribution in [2.75, 3.05) is 13.1 Å². The molecule has 0 saturated carbocycles. The molecule has 1 atom stereocenters. The number of rotatable bonds is 1. The number of hydrogen-bond donors (Lipinski definition) is 0. The van der Waals surface area contributed by atoms with Crippen molar-refractivity contribution in [2.45, 2.75) is 32.2 Å². The second-order valence-electron chi connectivity index (χ2n) is 2.78. The summed E-state index contributed by atoms with van der Waals surface area (Å²) < 4.78 is 0. The minimum Gasteiger partial charge on any atom is -0.301 e. The zero-order valence-corrected chi connectivity index (χ0v) is 6.27. The largest absolute Gasteiger partial charge is 0.301 e. The van der Waals surface area contributed by atoms with Gasteiger partial charge in [0.15, 0.2) is 0 Å². The van der Waals surface area contributed by atoms with E-state index in [1.165, 1.54) is 32.4 Å². The van der Waals surface area contributed by atoms with E-state index in [4.69, 9.17) is 0 Å². The molecule has 1 saturated heterocycles. The van der Waals surface area contributed by atoms with E-state index in [1.54, 1.807) is 0 Å². The van der Waals surface area contributed by atoms with E-state index in [-0.39, 0.29) is 0 Å². The van der Waals surface area contributed by atoms with Gasteiger partial charge in [-0.25, -0.2) is 0 Å². The normalized spacial score (nSPS) is 30.7.